The highest BCUT2D eigenvalue weighted by Crippen LogP contribution is 2.30. The highest BCUT2D eigenvalue weighted by Gasteiger charge is 2.06. The number of rotatable bonds is 2. The van der Waals surface area contributed by atoms with E-state index in [-0.39, 0.29) is 0 Å². The Balaban J connectivity index is 2.27. The summed E-state index contributed by atoms with van der Waals surface area (Å²) in [5.41, 5.74) is 0.933. The van der Waals surface area contributed by atoms with Crippen molar-refractivity contribution < 1.29 is 0 Å². The van der Waals surface area contributed by atoms with E-state index in [0.29, 0.717) is 10.2 Å². The fourth-order valence-electron chi connectivity index (χ4n) is 1.04. The fourth-order valence-corrected chi connectivity index (χ4v) is 2.66. The zero-order chi connectivity index (χ0) is 11.5. The lowest BCUT2D eigenvalue weighted by atomic mass is 10.5. The van der Waals surface area contributed by atoms with E-state index in [4.69, 9.17) is 11.6 Å². The van der Waals surface area contributed by atoms with Gasteiger partial charge in [-0.05, 0) is 46.7 Å². The van der Waals surface area contributed by atoms with Crippen LogP contribution in [0.3, 0.4) is 0 Å². The van der Waals surface area contributed by atoms with Crippen molar-refractivity contribution in [3.05, 3.63) is 39.7 Å². The molecule has 0 fully saturated rings. The zero-order valence-corrected chi connectivity index (χ0v) is 11.5. The van der Waals surface area contributed by atoms with Gasteiger partial charge in [0, 0.05) is 18.1 Å². The smallest absolute Gasteiger partial charge is 0.194 e. The SMILES string of the molecule is Cc1ccnc(Sc2ncc(Cl)cc2Br)n1. The summed E-state index contributed by atoms with van der Waals surface area (Å²) in [5, 5.41) is 2.08. The van der Waals surface area contributed by atoms with Gasteiger partial charge in [-0.25, -0.2) is 15.0 Å². The zero-order valence-electron chi connectivity index (χ0n) is 8.32. The third-order valence-electron chi connectivity index (χ3n) is 1.73. The van der Waals surface area contributed by atoms with Crippen molar-refractivity contribution in [3.8, 4) is 0 Å². The average Bonchev–Trinajstić information content (AvgIpc) is 2.22. The van der Waals surface area contributed by atoms with Crippen LogP contribution in [0.15, 0.2) is 39.2 Å². The lowest BCUT2D eigenvalue weighted by Gasteiger charge is -2.02. The Morgan fingerprint density at radius 1 is 1.38 bits per heavy atom. The highest BCUT2D eigenvalue weighted by atomic mass is 79.9. The van der Waals surface area contributed by atoms with Crippen LogP contribution in [-0.2, 0) is 0 Å². The molecule has 2 rings (SSSR count). The third kappa shape index (κ3) is 2.93. The normalized spacial score (nSPS) is 10.4. The first kappa shape index (κ1) is 11.8. The van der Waals surface area contributed by atoms with Crippen LogP contribution >= 0.6 is 39.3 Å². The Morgan fingerprint density at radius 2 is 2.19 bits per heavy atom. The minimum Gasteiger partial charge on any atom is -0.247 e. The summed E-state index contributed by atoms with van der Waals surface area (Å²) in [7, 11) is 0. The summed E-state index contributed by atoms with van der Waals surface area (Å²) in [6, 6.07) is 3.65. The van der Waals surface area contributed by atoms with Crippen LogP contribution < -0.4 is 0 Å². The first-order chi connectivity index (χ1) is 7.65. The van der Waals surface area contributed by atoms with Crippen LogP contribution in [0.1, 0.15) is 5.69 Å². The molecule has 0 saturated carbocycles. The van der Waals surface area contributed by atoms with Crippen LogP contribution in [0.25, 0.3) is 0 Å². The minimum atomic E-state index is 0.599. The molecule has 0 bridgehead atoms. The molecule has 0 aliphatic heterocycles. The van der Waals surface area contributed by atoms with Gasteiger partial charge < -0.3 is 0 Å². The van der Waals surface area contributed by atoms with Gasteiger partial charge in [0.05, 0.1) is 9.50 Å². The summed E-state index contributed by atoms with van der Waals surface area (Å²) >= 11 is 10.6. The third-order valence-corrected chi connectivity index (χ3v) is 3.71. The van der Waals surface area contributed by atoms with Crippen LogP contribution in [0.4, 0.5) is 0 Å². The lowest BCUT2D eigenvalue weighted by molar-refractivity contribution is 0.926. The summed E-state index contributed by atoms with van der Waals surface area (Å²) in [4.78, 5) is 12.7. The van der Waals surface area contributed by atoms with Gasteiger partial charge in [0.1, 0.15) is 5.03 Å². The Bertz CT molecular complexity index is 521. The maximum Gasteiger partial charge on any atom is 0.194 e. The van der Waals surface area contributed by atoms with E-state index in [1.165, 1.54) is 11.8 Å². The highest BCUT2D eigenvalue weighted by molar-refractivity contribution is 9.10. The van der Waals surface area contributed by atoms with Crippen molar-refractivity contribution in [1.29, 1.82) is 0 Å². The molecule has 0 amide bonds. The van der Waals surface area contributed by atoms with Crippen LogP contribution in [0.2, 0.25) is 5.02 Å². The van der Waals surface area contributed by atoms with Crippen molar-refractivity contribution in [1.82, 2.24) is 15.0 Å². The molecule has 0 aliphatic rings. The summed E-state index contributed by atoms with van der Waals surface area (Å²) < 4.78 is 0.843. The first-order valence-corrected chi connectivity index (χ1v) is 6.42. The van der Waals surface area contributed by atoms with Crippen molar-refractivity contribution in [2.45, 2.75) is 17.1 Å². The lowest BCUT2D eigenvalue weighted by Crippen LogP contribution is -1.89. The monoisotopic (exact) mass is 315 g/mol. The number of pyridine rings is 1. The fraction of sp³-hybridized carbons (Fsp3) is 0.100. The number of halogens is 2. The molecule has 16 heavy (non-hydrogen) atoms. The summed E-state index contributed by atoms with van der Waals surface area (Å²) in [6.45, 7) is 1.93. The molecule has 0 saturated heterocycles. The number of aryl methyl sites for hydroxylation is 1. The van der Waals surface area contributed by atoms with Crippen molar-refractivity contribution in [2.75, 3.05) is 0 Å². The van der Waals surface area contributed by atoms with Crippen molar-refractivity contribution in [3.63, 3.8) is 0 Å². The molecule has 0 N–H and O–H groups in total. The topological polar surface area (TPSA) is 38.7 Å². The molecule has 0 radical (unpaired) electrons. The standard InChI is InChI=1S/C10H7BrClN3S/c1-6-2-3-13-10(15-6)16-9-8(11)4-7(12)5-14-9/h2-5H,1H3. The molecule has 2 heterocycles. The van der Waals surface area contributed by atoms with E-state index in [9.17, 15) is 0 Å². The maximum atomic E-state index is 5.81. The molecule has 0 spiro atoms. The van der Waals surface area contributed by atoms with E-state index in [1.807, 2.05) is 13.0 Å². The summed E-state index contributed by atoms with van der Waals surface area (Å²) in [5.74, 6) is 0. The molecule has 82 valence electrons. The van der Waals surface area contributed by atoms with E-state index < -0.39 is 0 Å². The van der Waals surface area contributed by atoms with E-state index in [1.54, 1.807) is 18.5 Å². The Hall–Kier alpha value is -0.650. The second kappa shape index (κ2) is 5.12. The second-order valence-corrected chi connectivity index (χ2v) is 5.27. The van der Waals surface area contributed by atoms with Gasteiger partial charge in [0.2, 0.25) is 0 Å². The van der Waals surface area contributed by atoms with Gasteiger partial charge in [-0.1, -0.05) is 11.6 Å². The minimum absolute atomic E-state index is 0.599. The molecule has 0 aliphatic carbocycles. The summed E-state index contributed by atoms with van der Waals surface area (Å²) in [6.07, 6.45) is 3.33. The Labute approximate surface area is 111 Å². The van der Waals surface area contributed by atoms with Crippen LogP contribution in [0.5, 0.6) is 0 Å². The Kier molecular flexibility index (Phi) is 3.78. The van der Waals surface area contributed by atoms with Crippen molar-refractivity contribution >= 4 is 39.3 Å². The molecule has 6 heteroatoms. The second-order valence-electron chi connectivity index (χ2n) is 3.02. The largest absolute Gasteiger partial charge is 0.247 e. The van der Waals surface area contributed by atoms with Crippen LogP contribution in [0, 0.1) is 6.92 Å². The molecule has 0 atom stereocenters. The molecule has 2 aromatic rings. The van der Waals surface area contributed by atoms with E-state index in [2.05, 4.69) is 30.9 Å². The van der Waals surface area contributed by atoms with Crippen molar-refractivity contribution in [2.24, 2.45) is 0 Å². The molecular weight excluding hydrogens is 310 g/mol. The van der Waals surface area contributed by atoms with Gasteiger partial charge in [0.25, 0.3) is 0 Å². The van der Waals surface area contributed by atoms with E-state index in [0.717, 1.165) is 15.2 Å². The first-order valence-electron chi connectivity index (χ1n) is 4.44. The molecule has 0 aromatic carbocycles. The average molecular weight is 317 g/mol. The van der Waals surface area contributed by atoms with Gasteiger partial charge in [0.15, 0.2) is 5.16 Å². The number of nitrogens with zero attached hydrogens (tertiary/aromatic N) is 3. The van der Waals surface area contributed by atoms with Gasteiger partial charge >= 0.3 is 0 Å². The molecule has 2 aromatic heterocycles. The maximum absolute atomic E-state index is 5.81. The quantitative estimate of drug-likeness (QED) is 0.791. The molecule has 3 nitrogen and oxygen atoms in total. The number of hydrogen-bond donors (Lipinski definition) is 0. The van der Waals surface area contributed by atoms with Gasteiger partial charge in [-0.2, -0.15) is 0 Å². The number of hydrogen-bond acceptors (Lipinski definition) is 4. The van der Waals surface area contributed by atoms with Gasteiger partial charge in [-0.3, -0.25) is 0 Å². The van der Waals surface area contributed by atoms with Gasteiger partial charge in [-0.15, -0.1) is 0 Å². The molecule has 0 unspecified atom stereocenters. The molecular formula is C10H7BrClN3S. The predicted molar refractivity (Wildman–Crippen MR) is 67.8 cm³/mol. The van der Waals surface area contributed by atoms with Crippen LogP contribution in [-0.4, -0.2) is 15.0 Å². The number of aromatic nitrogens is 3. The predicted octanol–water partition coefficient (Wildman–Crippen LogP) is 3.75. The van der Waals surface area contributed by atoms with E-state index >= 15 is 0 Å². The Morgan fingerprint density at radius 3 is 2.88 bits per heavy atom.